The van der Waals surface area contributed by atoms with Crippen molar-refractivity contribution >= 4 is 10.9 Å². The van der Waals surface area contributed by atoms with Gasteiger partial charge in [-0.2, -0.15) is 0 Å². The number of fused-ring (bicyclic) bond motifs is 1. The predicted octanol–water partition coefficient (Wildman–Crippen LogP) is 5.89. The second-order valence-corrected chi connectivity index (χ2v) is 9.73. The van der Waals surface area contributed by atoms with Crippen LogP contribution < -0.4 is 4.74 Å². The zero-order valence-electron chi connectivity index (χ0n) is 21.0. The van der Waals surface area contributed by atoms with Gasteiger partial charge in [-0.05, 0) is 92.6 Å². The van der Waals surface area contributed by atoms with E-state index in [-0.39, 0.29) is 24.0 Å². The van der Waals surface area contributed by atoms with Crippen molar-refractivity contribution in [1.82, 2.24) is 9.88 Å². The van der Waals surface area contributed by atoms with Crippen LogP contribution >= 0.6 is 0 Å². The molecular weight excluding hydrogens is 484 g/mol. The summed E-state index contributed by atoms with van der Waals surface area (Å²) in [5, 5.41) is 10.9. The smallest absolute Gasteiger partial charge is 0.194 e. The number of piperidine rings is 1. The Hall–Kier alpha value is -3.15. The van der Waals surface area contributed by atoms with E-state index in [0.717, 1.165) is 23.1 Å². The lowest BCUT2D eigenvalue weighted by Crippen LogP contribution is -2.42. The summed E-state index contributed by atoms with van der Waals surface area (Å²) in [7, 11) is 1.57. The number of hydrogen-bond acceptors (Lipinski definition) is 4. The molecule has 1 aromatic heterocycles. The average Bonchev–Trinajstić information content (AvgIpc) is 2.90. The van der Waals surface area contributed by atoms with Crippen molar-refractivity contribution < 1.29 is 27.4 Å². The first kappa shape index (κ1) is 26.9. The fraction of sp³-hybridized carbons (Fsp3) is 0.414. The first-order chi connectivity index (χ1) is 17.7. The van der Waals surface area contributed by atoms with Gasteiger partial charge in [0, 0.05) is 23.8 Å². The number of nitrogens with zero attached hydrogens (tertiary/aromatic N) is 2. The molecule has 4 rings (SSSR count). The van der Waals surface area contributed by atoms with Gasteiger partial charge in [-0.25, -0.2) is 17.6 Å². The van der Waals surface area contributed by atoms with Gasteiger partial charge in [-0.1, -0.05) is 11.8 Å². The molecule has 1 saturated heterocycles. The Morgan fingerprint density at radius 2 is 1.84 bits per heavy atom. The highest BCUT2D eigenvalue weighted by Crippen LogP contribution is 2.40. The number of halogens is 4. The molecule has 2 aromatic carbocycles. The highest BCUT2D eigenvalue weighted by Gasteiger charge is 2.34. The Labute approximate surface area is 214 Å². The molecule has 2 heterocycles. The normalized spacial score (nSPS) is 16.3. The molecule has 37 heavy (non-hydrogen) atoms. The molecule has 1 N–H and O–H groups in total. The zero-order valence-corrected chi connectivity index (χ0v) is 21.0. The number of aliphatic hydroxyl groups excluding tert-OH is 1. The van der Waals surface area contributed by atoms with E-state index in [1.54, 1.807) is 19.4 Å². The summed E-state index contributed by atoms with van der Waals surface area (Å²) in [6.45, 7) is 3.51. The van der Waals surface area contributed by atoms with Crippen molar-refractivity contribution in [3.05, 3.63) is 70.7 Å². The molecule has 1 unspecified atom stereocenters. The molecule has 196 valence electrons. The van der Waals surface area contributed by atoms with Gasteiger partial charge in [0.05, 0.1) is 19.2 Å². The maximum absolute atomic E-state index is 15.7. The molecule has 1 fully saturated rings. The Bertz CT molecular complexity index is 1300. The summed E-state index contributed by atoms with van der Waals surface area (Å²) in [5.74, 6) is 2.14. The Balaban J connectivity index is 1.37. The predicted molar refractivity (Wildman–Crippen MR) is 135 cm³/mol. The van der Waals surface area contributed by atoms with Crippen LogP contribution in [-0.4, -0.2) is 48.3 Å². The van der Waals surface area contributed by atoms with Crippen LogP contribution in [0.2, 0.25) is 0 Å². The molecule has 0 bridgehead atoms. The third-order valence-corrected chi connectivity index (χ3v) is 7.33. The Kier molecular flexibility index (Phi) is 8.35. The van der Waals surface area contributed by atoms with Crippen molar-refractivity contribution in [2.24, 2.45) is 5.41 Å². The zero-order chi connectivity index (χ0) is 26.6. The number of pyridine rings is 1. The van der Waals surface area contributed by atoms with Gasteiger partial charge in [0.1, 0.15) is 11.9 Å². The largest absolute Gasteiger partial charge is 0.497 e. The number of rotatable bonds is 7. The SMILES string of the molecule is COc1ccc2ncc(C)c(C(F)CCC3(CO)CCN(CC#Cc4cc(F)c(F)c(F)c4)CC3)c2c1. The number of methoxy groups -OCH3 is 1. The van der Waals surface area contributed by atoms with Gasteiger partial charge >= 0.3 is 0 Å². The van der Waals surface area contributed by atoms with E-state index in [1.807, 2.05) is 19.1 Å². The van der Waals surface area contributed by atoms with Gasteiger partial charge in [-0.3, -0.25) is 9.88 Å². The van der Waals surface area contributed by atoms with E-state index < -0.39 is 23.6 Å². The van der Waals surface area contributed by atoms with E-state index in [4.69, 9.17) is 4.74 Å². The number of aryl methyl sites for hydroxylation is 1. The molecule has 0 spiro atoms. The van der Waals surface area contributed by atoms with E-state index >= 15 is 4.39 Å². The topological polar surface area (TPSA) is 45.6 Å². The van der Waals surface area contributed by atoms with Crippen LogP contribution in [0.1, 0.15) is 48.5 Å². The molecule has 0 radical (unpaired) electrons. The highest BCUT2D eigenvalue weighted by molar-refractivity contribution is 5.84. The summed E-state index contributed by atoms with van der Waals surface area (Å²) in [5.41, 5.74) is 1.79. The van der Waals surface area contributed by atoms with E-state index in [9.17, 15) is 18.3 Å². The van der Waals surface area contributed by atoms with Crippen LogP contribution in [0.4, 0.5) is 17.6 Å². The summed E-state index contributed by atoms with van der Waals surface area (Å²) >= 11 is 0. The molecular formula is C29H30F4N2O2. The van der Waals surface area contributed by atoms with Crippen LogP contribution in [0, 0.1) is 41.6 Å². The summed E-state index contributed by atoms with van der Waals surface area (Å²) < 4.78 is 60.8. The van der Waals surface area contributed by atoms with E-state index in [1.165, 1.54) is 0 Å². The van der Waals surface area contributed by atoms with Crippen molar-refractivity contribution in [3.63, 3.8) is 0 Å². The molecule has 8 heteroatoms. The van der Waals surface area contributed by atoms with Crippen LogP contribution in [-0.2, 0) is 0 Å². The maximum Gasteiger partial charge on any atom is 0.194 e. The number of alkyl halides is 1. The van der Waals surface area contributed by atoms with Gasteiger partial charge < -0.3 is 9.84 Å². The second kappa shape index (κ2) is 11.5. The highest BCUT2D eigenvalue weighted by atomic mass is 19.2. The first-order valence-electron chi connectivity index (χ1n) is 12.3. The van der Waals surface area contributed by atoms with Crippen molar-refractivity contribution in [2.75, 3.05) is 33.4 Å². The number of likely N-dealkylation sites (tertiary alicyclic amines) is 1. The lowest BCUT2D eigenvalue weighted by atomic mass is 9.74. The van der Waals surface area contributed by atoms with Crippen molar-refractivity contribution in [1.29, 1.82) is 0 Å². The van der Waals surface area contributed by atoms with Gasteiger partial charge in [0.25, 0.3) is 0 Å². The third kappa shape index (κ3) is 6.06. The summed E-state index contributed by atoms with van der Waals surface area (Å²) in [6, 6.07) is 7.18. The van der Waals surface area contributed by atoms with E-state index in [0.29, 0.717) is 55.7 Å². The van der Waals surface area contributed by atoms with Gasteiger partial charge in [-0.15, -0.1) is 0 Å². The molecule has 1 aliphatic rings. The molecule has 0 amide bonds. The monoisotopic (exact) mass is 514 g/mol. The van der Waals surface area contributed by atoms with Crippen molar-refractivity contribution in [2.45, 2.75) is 38.8 Å². The molecule has 3 aromatic rings. The number of hydrogen-bond donors (Lipinski definition) is 1. The fourth-order valence-corrected chi connectivity index (χ4v) is 4.97. The quantitative estimate of drug-likeness (QED) is 0.243. The van der Waals surface area contributed by atoms with Crippen LogP contribution in [0.15, 0.2) is 36.5 Å². The van der Waals surface area contributed by atoms with Crippen LogP contribution in [0.25, 0.3) is 10.9 Å². The maximum atomic E-state index is 15.7. The minimum Gasteiger partial charge on any atom is -0.497 e. The Morgan fingerprint density at radius 1 is 1.14 bits per heavy atom. The lowest BCUT2D eigenvalue weighted by Gasteiger charge is -2.40. The molecule has 1 atom stereocenters. The molecule has 4 nitrogen and oxygen atoms in total. The fourth-order valence-electron chi connectivity index (χ4n) is 4.97. The number of aromatic nitrogens is 1. The minimum absolute atomic E-state index is 0.0305. The van der Waals surface area contributed by atoms with Crippen LogP contribution in [0.3, 0.4) is 0 Å². The second-order valence-electron chi connectivity index (χ2n) is 9.73. The number of aliphatic hydroxyl groups is 1. The average molecular weight is 515 g/mol. The van der Waals surface area contributed by atoms with E-state index in [2.05, 4.69) is 21.7 Å². The lowest BCUT2D eigenvalue weighted by molar-refractivity contribution is 0.0344. The standard InChI is InChI=1S/C29H30F4N2O2/c1-19-17-34-26-6-5-21(37-2)16-22(26)27(19)23(30)7-8-29(18-36)9-12-35(13-10-29)11-3-4-20-14-24(31)28(33)25(32)15-20/h5-6,14-17,23,36H,7-13,18H2,1-2H3. The minimum atomic E-state index is -1.51. The third-order valence-electron chi connectivity index (χ3n) is 7.33. The molecule has 0 saturated carbocycles. The van der Waals surface area contributed by atoms with Gasteiger partial charge in [0.15, 0.2) is 17.5 Å². The first-order valence-corrected chi connectivity index (χ1v) is 12.3. The number of ether oxygens (including phenoxy) is 1. The number of benzene rings is 2. The van der Waals surface area contributed by atoms with Crippen molar-refractivity contribution in [3.8, 4) is 17.6 Å². The summed E-state index contributed by atoms with van der Waals surface area (Å²) in [4.78, 5) is 6.49. The van der Waals surface area contributed by atoms with Crippen LogP contribution in [0.5, 0.6) is 5.75 Å². The molecule has 0 aliphatic carbocycles. The molecule has 1 aliphatic heterocycles. The Morgan fingerprint density at radius 3 is 2.49 bits per heavy atom. The summed E-state index contributed by atoms with van der Waals surface area (Å²) in [6.07, 6.45) is 2.65. The van der Waals surface area contributed by atoms with Gasteiger partial charge in [0.2, 0.25) is 0 Å².